The predicted octanol–water partition coefficient (Wildman–Crippen LogP) is 4.30. The van der Waals surface area contributed by atoms with Crippen molar-refractivity contribution in [3.63, 3.8) is 0 Å². The quantitative estimate of drug-likeness (QED) is 0.236. The molecule has 1 amide bonds. The minimum absolute atomic E-state index is 0.0762. The molecule has 0 spiro atoms. The van der Waals surface area contributed by atoms with Crippen LogP contribution in [0.3, 0.4) is 0 Å². The Bertz CT molecular complexity index is 1090. The lowest BCUT2D eigenvalue weighted by molar-refractivity contribution is -0.385. The third kappa shape index (κ3) is 4.89. The second-order valence-electron chi connectivity index (χ2n) is 6.49. The summed E-state index contributed by atoms with van der Waals surface area (Å²) in [4.78, 5) is 22.7. The van der Waals surface area contributed by atoms with Gasteiger partial charge in [-0.05, 0) is 66.8 Å². The summed E-state index contributed by atoms with van der Waals surface area (Å²) in [5.74, 6) is -0.415. The van der Waals surface area contributed by atoms with Crippen molar-refractivity contribution >= 4 is 40.4 Å². The number of hydrogen-bond acceptors (Lipinski definition) is 4. The Morgan fingerprint density at radius 3 is 2.59 bits per heavy atom. The number of aromatic nitrogens is 1. The van der Waals surface area contributed by atoms with Crippen molar-refractivity contribution < 1.29 is 9.72 Å². The average molecular weight is 502 g/mol. The minimum atomic E-state index is -0.495. The Kier molecular flexibility index (Phi) is 6.42. The first-order chi connectivity index (χ1) is 13.9. The summed E-state index contributed by atoms with van der Waals surface area (Å²) < 4.78 is 3.28. The van der Waals surface area contributed by atoms with Gasteiger partial charge in [-0.3, -0.25) is 14.9 Å². The van der Waals surface area contributed by atoms with Crippen molar-refractivity contribution in [2.24, 2.45) is 5.10 Å². The number of aryl methyl sites for hydroxylation is 1. The van der Waals surface area contributed by atoms with Crippen molar-refractivity contribution in [2.45, 2.75) is 20.3 Å². The van der Waals surface area contributed by atoms with Crippen LogP contribution in [0, 0.1) is 27.5 Å². The Morgan fingerprint density at radius 1 is 1.21 bits per heavy atom. The van der Waals surface area contributed by atoms with E-state index in [1.54, 1.807) is 24.4 Å². The van der Waals surface area contributed by atoms with Crippen molar-refractivity contribution in [1.29, 1.82) is 0 Å². The topological polar surface area (TPSA) is 89.5 Å². The number of hydrogen-bond donors (Lipinski definition) is 1. The van der Waals surface area contributed by atoms with Gasteiger partial charge in [-0.1, -0.05) is 18.2 Å². The first kappa shape index (κ1) is 20.7. The van der Waals surface area contributed by atoms with Gasteiger partial charge in [-0.2, -0.15) is 5.10 Å². The van der Waals surface area contributed by atoms with Gasteiger partial charge in [0.25, 0.3) is 5.69 Å². The fourth-order valence-corrected chi connectivity index (χ4v) is 3.49. The molecule has 0 aliphatic heterocycles. The van der Waals surface area contributed by atoms with E-state index < -0.39 is 10.8 Å². The summed E-state index contributed by atoms with van der Waals surface area (Å²) in [5, 5.41) is 15.1. The van der Waals surface area contributed by atoms with E-state index in [1.807, 2.05) is 32.0 Å². The van der Waals surface area contributed by atoms with Crippen LogP contribution in [0.15, 0.2) is 59.7 Å². The number of hydrazone groups is 1. The van der Waals surface area contributed by atoms with Crippen LogP contribution in [0.2, 0.25) is 0 Å². The van der Waals surface area contributed by atoms with Crippen LogP contribution in [-0.4, -0.2) is 21.6 Å². The number of nitro groups is 1. The summed E-state index contributed by atoms with van der Waals surface area (Å²) in [6.45, 7) is 4.00. The van der Waals surface area contributed by atoms with Gasteiger partial charge in [-0.25, -0.2) is 5.43 Å². The fraction of sp³-hybridized carbons (Fsp3) is 0.143. The van der Waals surface area contributed by atoms with Crippen LogP contribution in [0.25, 0.3) is 5.69 Å². The van der Waals surface area contributed by atoms with E-state index in [2.05, 4.69) is 49.8 Å². The average Bonchev–Trinajstić information content (AvgIpc) is 2.96. The number of rotatable bonds is 6. The van der Waals surface area contributed by atoms with Crippen LogP contribution < -0.4 is 5.43 Å². The number of carbonyl (C=O) groups excluding carboxylic acids is 1. The van der Waals surface area contributed by atoms with E-state index in [-0.39, 0.29) is 12.1 Å². The number of amides is 1. The zero-order valence-electron chi connectivity index (χ0n) is 15.9. The fourth-order valence-electron chi connectivity index (χ4n) is 3.13. The molecule has 29 heavy (non-hydrogen) atoms. The molecule has 0 unspecified atom stereocenters. The molecule has 0 bridgehead atoms. The normalized spacial score (nSPS) is 11.0. The lowest BCUT2D eigenvalue weighted by atomic mass is 10.1. The van der Waals surface area contributed by atoms with E-state index in [4.69, 9.17) is 0 Å². The van der Waals surface area contributed by atoms with Crippen molar-refractivity contribution in [2.75, 3.05) is 0 Å². The number of nitrogens with zero attached hydrogens (tertiary/aromatic N) is 3. The van der Waals surface area contributed by atoms with E-state index >= 15 is 0 Å². The molecule has 148 valence electrons. The number of para-hydroxylation sites is 1. The second-order valence-corrected chi connectivity index (χ2v) is 7.74. The summed E-state index contributed by atoms with van der Waals surface area (Å²) >= 11 is 2.27. The van der Waals surface area contributed by atoms with Crippen molar-refractivity contribution in [3.05, 3.63) is 90.8 Å². The molecular formula is C21H19IN4O3. The number of carbonyl (C=O) groups is 1. The molecule has 2 aromatic carbocycles. The number of benzene rings is 2. The van der Waals surface area contributed by atoms with Gasteiger partial charge in [-0.15, -0.1) is 0 Å². The summed E-state index contributed by atoms with van der Waals surface area (Å²) in [5.41, 5.74) is 6.71. The number of nitrogens with one attached hydrogen (secondary N) is 1. The van der Waals surface area contributed by atoms with Gasteiger partial charge in [0, 0.05) is 37.8 Å². The van der Waals surface area contributed by atoms with Crippen LogP contribution >= 0.6 is 22.6 Å². The Labute approximate surface area is 181 Å². The highest BCUT2D eigenvalue weighted by atomic mass is 127. The lowest BCUT2D eigenvalue weighted by Crippen LogP contribution is -2.20. The highest BCUT2D eigenvalue weighted by molar-refractivity contribution is 14.1. The zero-order valence-corrected chi connectivity index (χ0v) is 18.1. The van der Waals surface area contributed by atoms with E-state index in [9.17, 15) is 14.9 Å². The Morgan fingerprint density at radius 2 is 1.90 bits per heavy atom. The first-order valence-electron chi connectivity index (χ1n) is 8.86. The van der Waals surface area contributed by atoms with Gasteiger partial charge < -0.3 is 4.57 Å². The number of nitro benzene ring substituents is 1. The number of halogens is 1. The molecule has 1 heterocycles. The van der Waals surface area contributed by atoms with Gasteiger partial charge >= 0.3 is 0 Å². The molecule has 0 fully saturated rings. The molecule has 0 saturated carbocycles. The zero-order chi connectivity index (χ0) is 21.0. The second kappa shape index (κ2) is 8.99. The molecule has 0 saturated heterocycles. The van der Waals surface area contributed by atoms with Crippen LogP contribution in [0.5, 0.6) is 0 Å². The molecule has 3 aromatic rings. The molecule has 1 aromatic heterocycles. The van der Waals surface area contributed by atoms with E-state index in [0.29, 0.717) is 5.56 Å². The Balaban J connectivity index is 1.71. The molecule has 3 rings (SSSR count). The Hall–Kier alpha value is -3.01. The monoisotopic (exact) mass is 502 g/mol. The van der Waals surface area contributed by atoms with Crippen LogP contribution in [-0.2, 0) is 11.2 Å². The minimum Gasteiger partial charge on any atom is -0.318 e. The third-order valence-corrected chi connectivity index (χ3v) is 5.21. The highest BCUT2D eigenvalue weighted by Gasteiger charge is 2.15. The van der Waals surface area contributed by atoms with Crippen molar-refractivity contribution in [3.8, 4) is 5.69 Å². The maximum absolute atomic E-state index is 12.1. The maximum Gasteiger partial charge on any atom is 0.273 e. The van der Waals surface area contributed by atoms with Gasteiger partial charge in [0.2, 0.25) is 5.91 Å². The maximum atomic E-state index is 12.1. The molecule has 1 N–H and O–H groups in total. The van der Waals surface area contributed by atoms with Crippen LogP contribution in [0.1, 0.15) is 22.5 Å². The van der Waals surface area contributed by atoms with Gasteiger partial charge in [0.05, 0.1) is 17.6 Å². The lowest BCUT2D eigenvalue weighted by Gasteiger charge is -2.09. The standard InChI is InChI=1S/C21H19IN4O3/c1-14-11-17(15(2)25(14)19-9-7-18(22)8-10-19)13-23-24-21(27)12-16-5-3-4-6-20(16)26(28)29/h3-11,13H,12H2,1-2H3,(H,24,27)/b23-13-. The highest BCUT2D eigenvalue weighted by Crippen LogP contribution is 2.21. The van der Waals surface area contributed by atoms with E-state index in [0.717, 1.165) is 26.2 Å². The summed E-state index contributed by atoms with van der Waals surface area (Å²) in [6.07, 6.45) is 1.47. The third-order valence-electron chi connectivity index (χ3n) is 4.49. The summed E-state index contributed by atoms with van der Waals surface area (Å²) in [6, 6.07) is 16.4. The van der Waals surface area contributed by atoms with Crippen molar-refractivity contribution in [1.82, 2.24) is 9.99 Å². The molecule has 0 aliphatic rings. The molecule has 0 radical (unpaired) electrons. The molecule has 0 atom stereocenters. The molecule has 8 heteroatoms. The predicted molar refractivity (Wildman–Crippen MR) is 120 cm³/mol. The van der Waals surface area contributed by atoms with Crippen LogP contribution in [0.4, 0.5) is 5.69 Å². The smallest absolute Gasteiger partial charge is 0.273 e. The summed E-state index contributed by atoms with van der Waals surface area (Å²) in [7, 11) is 0. The molecular weight excluding hydrogens is 483 g/mol. The molecule has 7 nitrogen and oxygen atoms in total. The van der Waals surface area contributed by atoms with Gasteiger partial charge in [0.1, 0.15) is 0 Å². The van der Waals surface area contributed by atoms with E-state index in [1.165, 1.54) is 6.07 Å². The molecule has 0 aliphatic carbocycles. The van der Waals surface area contributed by atoms with Gasteiger partial charge in [0.15, 0.2) is 0 Å². The SMILES string of the molecule is Cc1cc(/C=N\NC(=O)Cc2ccccc2[N+](=O)[O-])c(C)n1-c1ccc(I)cc1. The first-order valence-corrected chi connectivity index (χ1v) is 9.94. The largest absolute Gasteiger partial charge is 0.318 e.